The van der Waals surface area contributed by atoms with Crippen LogP contribution in [-0.4, -0.2) is 25.1 Å². The zero-order chi connectivity index (χ0) is 12.8. The van der Waals surface area contributed by atoms with Crippen LogP contribution in [0.3, 0.4) is 0 Å². The van der Waals surface area contributed by atoms with Gasteiger partial charge in [0, 0.05) is 12.6 Å². The molecular weight excluding hydrogens is 230 g/mol. The molecule has 0 aliphatic carbocycles. The molecule has 3 N–H and O–H groups in total. The van der Waals surface area contributed by atoms with Crippen molar-refractivity contribution < 1.29 is 18.3 Å². The van der Waals surface area contributed by atoms with Gasteiger partial charge in [-0.05, 0) is 19.1 Å². The number of carbonyl (C=O) groups excluding carboxylic acids is 1. The predicted octanol–water partition coefficient (Wildman–Crippen LogP) is 1.36. The van der Waals surface area contributed by atoms with Crippen LogP contribution in [0, 0.1) is 0 Å². The van der Waals surface area contributed by atoms with Crippen molar-refractivity contribution in [2.75, 3.05) is 6.54 Å². The molecule has 0 fully saturated rings. The second-order valence-corrected chi connectivity index (χ2v) is 3.56. The van der Waals surface area contributed by atoms with Gasteiger partial charge >= 0.3 is 6.61 Å². The topological polar surface area (TPSA) is 64.3 Å². The number of carbonyl (C=O) groups is 1. The van der Waals surface area contributed by atoms with E-state index in [4.69, 9.17) is 5.73 Å². The Hall–Kier alpha value is -1.69. The number of hydrogen-bond donors (Lipinski definition) is 2. The number of nitrogens with one attached hydrogen (secondary N) is 1. The first-order chi connectivity index (χ1) is 8.00. The number of nitrogens with two attached hydrogens (primary N) is 1. The Balaban J connectivity index is 2.78. The summed E-state index contributed by atoms with van der Waals surface area (Å²) in [6, 6.07) is 5.60. The molecule has 0 aliphatic heterocycles. The van der Waals surface area contributed by atoms with E-state index in [0.29, 0.717) is 0 Å². The molecule has 0 saturated heterocycles. The second kappa shape index (κ2) is 6.15. The average Bonchev–Trinajstić information content (AvgIpc) is 2.25. The van der Waals surface area contributed by atoms with Crippen LogP contribution in [0.2, 0.25) is 0 Å². The molecule has 0 radical (unpaired) electrons. The Bertz CT molecular complexity index is 383. The smallest absolute Gasteiger partial charge is 0.387 e. The van der Waals surface area contributed by atoms with Gasteiger partial charge in [0.15, 0.2) is 0 Å². The van der Waals surface area contributed by atoms with Crippen LogP contribution in [0.15, 0.2) is 24.3 Å². The molecule has 0 aliphatic rings. The quantitative estimate of drug-likeness (QED) is 0.822. The summed E-state index contributed by atoms with van der Waals surface area (Å²) in [5.41, 5.74) is 5.53. The third-order valence-electron chi connectivity index (χ3n) is 1.93. The highest BCUT2D eigenvalue weighted by molar-refractivity contribution is 5.96. The highest BCUT2D eigenvalue weighted by atomic mass is 19.3. The number of amides is 1. The molecule has 0 bridgehead atoms. The van der Waals surface area contributed by atoms with E-state index in [0.717, 1.165) is 0 Å². The third kappa shape index (κ3) is 4.36. The van der Waals surface area contributed by atoms with Crippen molar-refractivity contribution >= 4 is 5.91 Å². The van der Waals surface area contributed by atoms with Gasteiger partial charge in [-0.25, -0.2) is 0 Å². The van der Waals surface area contributed by atoms with Gasteiger partial charge in [0.2, 0.25) is 0 Å². The minimum atomic E-state index is -2.96. The standard InChI is InChI=1S/C11H14F2N2O2/c1-7(14)6-15-10(16)8-4-2-3-5-9(8)17-11(12)13/h2-5,7,11H,6,14H2,1H3,(H,15,16). The summed E-state index contributed by atoms with van der Waals surface area (Å²) in [6.07, 6.45) is 0. The van der Waals surface area contributed by atoms with Gasteiger partial charge in [-0.15, -0.1) is 0 Å². The minimum absolute atomic E-state index is 0.0634. The van der Waals surface area contributed by atoms with Crippen LogP contribution in [0.4, 0.5) is 8.78 Å². The Labute approximate surface area is 97.8 Å². The number of benzene rings is 1. The molecule has 1 rings (SSSR count). The number of rotatable bonds is 5. The predicted molar refractivity (Wildman–Crippen MR) is 59.1 cm³/mol. The lowest BCUT2D eigenvalue weighted by Gasteiger charge is -2.11. The lowest BCUT2D eigenvalue weighted by atomic mass is 10.2. The fraction of sp³-hybridized carbons (Fsp3) is 0.364. The Morgan fingerprint density at radius 3 is 2.71 bits per heavy atom. The Morgan fingerprint density at radius 2 is 2.12 bits per heavy atom. The number of halogens is 2. The molecule has 94 valence electrons. The molecule has 0 aromatic heterocycles. The summed E-state index contributed by atoms with van der Waals surface area (Å²) < 4.78 is 28.5. The molecule has 1 unspecified atom stereocenters. The summed E-state index contributed by atoms with van der Waals surface area (Å²) in [5.74, 6) is -0.636. The molecule has 6 heteroatoms. The monoisotopic (exact) mass is 244 g/mol. The maximum absolute atomic E-state index is 12.1. The lowest BCUT2D eigenvalue weighted by molar-refractivity contribution is -0.0501. The molecule has 1 aromatic carbocycles. The summed E-state index contributed by atoms with van der Waals surface area (Å²) in [5, 5.41) is 2.52. The molecule has 1 atom stereocenters. The van der Waals surface area contributed by atoms with Crippen molar-refractivity contribution in [3.63, 3.8) is 0 Å². The number of hydrogen-bond acceptors (Lipinski definition) is 3. The summed E-state index contributed by atoms with van der Waals surface area (Å²) in [6.45, 7) is -0.971. The highest BCUT2D eigenvalue weighted by Crippen LogP contribution is 2.19. The van der Waals surface area contributed by atoms with Gasteiger partial charge in [0.05, 0.1) is 5.56 Å². The number of ether oxygens (including phenoxy) is 1. The van der Waals surface area contributed by atoms with Crippen molar-refractivity contribution in [2.45, 2.75) is 19.6 Å². The van der Waals surface area contributed by atoms with E-state index >= 15 is 0 Å². The van der Waals surface area contributed by atoms with Crippen LogP contribution in [-0.2, 0) is 0 Å². The van der Waals surface area contributed by atoms with Gasteiger partial charge in [0.25, 0.3) is 5.91 Å². The first kappa shape index (κ1) is 13.4. The van der Waals surface area contributed by atoms with E-state index in [1.807, 2.05) is 0 Å². The first-order valence-electron chi connectivity index (χ1n) is 5.08. The second-order valence-electron chi connectivity index (χ2n) is 3.56. The van der Waals surface area contributed by atoms with Crippen LogP contribution in [0.5, 0.6) is 5.75 Å². The van der Waals surface area contributed by atoms with Gasteiger partial charge in [-0.2, -0.15) is 8.78 Å². The van der Waals surface area contributed by atoms with Crippen LogP contribution in [0.25, 0.3) is 0 Å². The first-order valence-corrected chi connectivity index (χ1v) is 5.08. The van der Waals surface area contributed by atoms with E-state index in [1.165, 1.54) is 18.2 Å². The molecule has 1 aromatic rings. The van der Waals surface area contributed by atoms with E-state index in [2.05, 4.69) is 10.1 Å². The zero-order valence-electron chi connectivity index (χ0n) is 9.32. The van der Waals surface area contributed by atoms with Gasteiger partial charge in [-0.1, -0.05) is 12.1 Å². The molecular formula is C11H14F2N2O2. The van der Waals surface area contributed by atoms with Crippen LogP contribution < -0.4 is 15.8 Å². The van der Waals surface area contributed by atoms with Gasteiger partial charge < -0.3 is 15.8 Å². The largest absolute Gasteiger partial charge is 0.434 e. The summed E-state index contributed by atoms with van der Waals surface area (Å²) in [4.78, 5) is 11.7. The summed E-state index contributed by atoms with van der Waals surface area (Å²) in [7, 11) is 0. The Morgan fingerprint density at radius 1 is 1.47 bits per heavy atom. The van der Waals surface area contributed by atoms with Crippen LogP contribution in [0.1, 0.15) is 17.3 Å². The van der Waals surface area contributed by atoms with Gasteiger partial charge in [0.1, 0.15) is 5.75 Å². The molecule has 0 saturated carbocycles. The summed E-state index contributed by atoms with van der Waals surface area (Å²) >= 11 is 0. The number of alkyl halides is 2. The third-order valence-corrected chi connectivity index (χ3v) is 1.93. The number of para-hydroxylation sites is 1. The van der Waals surface area contributed by atoms with E-state index < -0.39 is 12.5 Å². The van der Waals surface area contributed by atoms with Crippen molar-refractivity contribution in [1.82, 2.24) is 5.32 Å². The molecule has 4 nitrogen and oxygen atoms in total. The van der Waals surface area contributed by atoms with E-state index in [-0.39, 0.29) is 23.9 Å². The lowest BCUT2D eigenvalue weighted by Crippen LogP contribution is -2.35. The SMILES string of the molecule is CC(N)CNC(=O)c1ccccc1OC(F)F. The van der Waals surface area contributed by atoms with Gasteiger partial charge in [-0.3, -0.25) is 4.79 Å². The Kier molecular flexibility index (Phi) is 4.84. The normalized spacial score (nSPS) is 12.3. The molecule has 0 spiro atoms. The van der Waals surface area contributed by atoms with Crippen molar-refractivity contribution in [3.05, 3.63) is 29.8 Å². The minimum Gasteiger partial charge on any atom is -0.434 e. The van der Waals surface area contributed by atoms with Crippen molar-refractivity contribution in [1.29, 1.82) is 0 Å². The maximum atomic E-state index is 12.1. The zero-order valence-corrected chi connectivity index (χ0v) is 9.32. The highest BCUT2D eigenvalue weighted by Gasteiger charge is 2.14. The average molecular weight is 244 g/mol. The van der Waals surface area contributed by atoms with Crippen molar-refractivity contribution in [3.8, 4) is 5.75 Å². The molecule has 17 heavy (non-hydrogen) atoms. The van der Waals surface area contributed by atoms with Crippen molar-refractivity contribution in [2.24, 2.45) is 5.73 Å². The van der Waals surface area contributed by atoms with Crippen LogP contribution >= 0.6 is 0 Å². The van der Waals surface area contributed by atoms with E-state index in [9.17, 15) is 13.6 Å². The van der Waals surface area contributed by atoms with E-state index in [1.54, 1.807) is 13.0 Å². The maximum Gasteiger partial charge on any atom is 0.387 e. The molecule has 0 heterocycles. The fourth-order valence-corrected chi connectivity index (χ4v) is 1.20. The molecule has 1 amide bonds. The fourth-order valence-electron chi connectivity index (χ4n) is 1.20.